The predicted octanol–water partition coefficient (Wildman–Crippen LogP) is 1.65. The Kier molecular flexibility index (Phi) is 6.15. The van der Waals surface area contributed by atoms with Crippen molar-refractivity contribution in [3.63, 3.8) is 0 Å². The molecule has 2 aromatic rings. The monoisotopic (exact) mass is 358 g/mol. The van der Waals surface area contributed by atoms with Gasteiger partial charge in [-0.1, -0.05) is 12.1 Å². The third kappa shape index (κ3) is 4.97. The molecule has 0 aliphatic rings. The highest BCUT2D eigenvalue weighted by Crippen LogP contribution is 2.14. The minimum Gasteiger partial charge on any atom is -0.497 e. The second kappa shape index (κ2) is 8.52. The van der Waals surface area contributed by atoms with Crippen LogP contribution in [-0.4, -0.2) is 36.0 Å². The van der Waals surface area contributed by atoms with Crippen LogP contribution in [0.2, 0.25) is 0 Å². The van der Waals surface area contributed by atoms with Gasteiger partial charge in [-0.25, -0.2) is 0 Å². The minimum atomic E-state index is -1.19. The quantitative estimate of drug-likeness (QED) is 0.648. The van der Waals surface area contributed by atoms with E-state index in [0.717, 1.165) is 0 Å². The second-order valence-corrected chi connectivity index (χ2v) is 5.30. The maximum atomic E-state index is 12.4. The number of carbonyl (C=O) groups excluding carboxylic acids is 2. The molecule has 1 aromatic heterocycles. The zero-order valence-corrected chi connectivity index (χ0v) is 14.2. The van der Waals surface area contributed by atoms with E-state index in [1.807, 2.05) is 0 Å². The van der Waals surface area contributed by atoms with Crippen molar-refractivity contribution in [2.75, 3.05) is 7.11 Å². The first kappa shape index (κ1) is 18.8. The molecule has 0 spiro atoms. The van der Waals surface area contributed by atoms with E-state index in [2.05, 4.69) is 10.6 Å². The number of rotatable bonds is 7. The molecule has 0 radical (unpaired) electrons. The molecule has 8 heteroatoms. The molecule has 0 bridgehead atoms. The number of ether oxygens (including phenoxy) is 1. The molecule has 0 saturated heterocycles. The maximum Gasteiger partial charge on any atom is 0.325 e. The molecular weight excluding hydrogens is 340 g/mol. The van der Waals surface area contributed by atoms with Gasteiger partial charge in [-0.3, -0.25) is 14.4 Å². The van der Waals surface area contributed by atoms with E-state index < -0.39 is 23.8 Å². The fraction of sp³-hybridized carbons (Fsp3) is 0.167. The number of aliphatic carboxylic acids is 1. The molecule has 2 rings (SSSR count). The van der Waals surface area contributed by atoms with E-state index in [4.69, 9.17) is 14.3 Å². The first-order valence-electron chi connectivity index (χ1n) is 7.65. The largest absolute Gasteiger partial charge is 0.497 e. The summed E-state index contributed by atoms with van der Waals surface area (Å²) in [7, 11) is 1.53. The van der Waals surface area contributed by atoms with Gasteiger partial charge in [0.1, 0.15) is 17.5 Å². The van der Waals surface area contributed by atoms with Crippen LogP contribution in [0.25, 0.3) is 6.08 Å². The Morgan fingerprint density at radius 3 is 2.42 bits per heavy atom. The van der Waals surface area contributed by atoms with E-state index >= 15 is 0 Å². The fourth-order valence-corrected chi connectivity index (χ4v) is 1.95. The molecule has 1 aromatic carbocycles. The summed E-state index contributed by atoms with van der Waals surface area (Å²) >= 11 is 0. The first-order valence-corrected chi connectivity index (χ1v) is 7.65. The van der Waals surface area contributed by atoms with Gasteiger partial charge < -0.3 is 24.9 Å². The van der Waals surface area contributed by atoms with Crippen LogP contribution in [0.5, 0.6) is 5.75 Å². The molecule has 3 N–H and O–H groups in total. The van der Waals surface area contributed by atoms with Crippen molar-refractivity contribution >= 4 is 23.9 Å². The molecule has 0 aliphatic carbocycles. The van der Waals surface area contributed by atoms with Gasteiger partial charge in [0.25, 0.3) is 11.8 Å². The molecule has 8 nitrogen and oxygen atoms in total. The van der Waals surface area contributed by atoms with Gasteiger partial charge in [0, 0.05) is 0 Å². The predicted molar refractivity (Wildman–Crippen MR) is 92.4 cm³/mol. The highest BCUT2D eigenvalue weighted by Gasteiger charge is 2.20. The number of carbonyl (C=O) groups is 3. The molecule has 1 unspecified atom stereocenters. The number of amides is 2. The zero-order valence-electron chi connectivity index (χ0n) is 14.2. The number of hydrogen-bond acceptors (Lipinski definition) is 5. The number of hydrogen-bond donors (Lipinski definition) is 3. The van der Waals surface area contributed by atoms with E-state index in [1.165, 1.54) is 38.5 Å². The van der Waals surface area contributed by atoms with Gasteiger partial charge in [0.15, 0.2) is 5.76 Å². The van der Waals surface area contributed by atoms with Crippen LogP contribution in [0.15, 0.2) is 52.8 Å². The summed E-state index contributed by atoms with van der Waals surface area (Å²) in [4.78, 5) is 35.5. The number of carboxylic acid groups (broad SMARTS) is 1. The number of benzene rings is 1. The maximum absolute atomic E-state index is 12.4. The minimum absolute atomic E-state index is 0.0183. The Morgan fingerprint density at radius 1 is 1.19 bits per heavy atom. The van der Waals surface area contributed by atoms with Gasteiger partial charge in [-0.15, -0.1) is 0 Å². The van der Waals surface area contributed by atoms with Crippen LogP contribution in [0, 0.1) is 0 Å². The molecule has 1 heterocycles. The lowest BCUT2D eigenvalue weighted by Crippen LogP contribution is -2.42. The topological polar surface area (TPSA) is 118 Å². The average molecular weight is 358 g/mol. The average Bonchev–Trinajstić information content (AvgIpc) is 3.16. The van der Waals surface area contributed by atoms with E-state index in [1.54, 1.807) is 24.3 Å². The lowest BCUT2D eigenvalue weighted by molar-refractivity contribution is -0.140. The first-order chi connectivity index (χ1) is 12.4. The van der Waals surface area contributed by atoms with Crippen molar-refractivity contribution in [2.45, 2.75) is 13.0 Å². The zero-order chi connectivity index (χ0) is 19.1. The molecule has 0 saturated carbocycles. The van der Waals surface area contributed by atoms with E-state index in [-0.39, 0.29) is 11.5 Å². The number of carboxylic acids is 1. The van der Waals surface area contributed by atoms with Gasteiger partial charge in [-0.05, 0) is 42.8 Å². The Morgan fingerprint density at radius 2 is 1.88 bits per heavy atom. The third-order valence-electron chi connectivity index (χ3n) is 3.38. The van der Waals surface area contributed by atoms with Crippen LogP contribution < -0.4 is 15.4 Å². The molecule has 0 fully saturated rings. The molecule has 0 aliphatic heterocycles. The Labute approximate surface area is 149 Å². The molecular formula is C18H18N2O6. The molecule has 1 atom stereocenters. The van der Waals surface area contributed by atoms with Crippen LogP contribution in [0.3, 0.4) is 0 Å². The van der Waals surface area contributed by atoms with Crippen molar-refractivity contribution in [1.82, 2.24) is 10.6 Å². The Balaban J connectivity index is 2.27. The van der Waals surface area contributed by atoms with Crippen LogP contribution >= 0.6 is 0 Å². The highest BCUT2D eigenvalue weighted by atomic mass is 16.5. The van der Waals surface area contributed by atoms with Gasteiger partial charge in [0.2, 0.25) is 0 Å². The lowest BCUT2D eigenvalue weighted by atomic mass is 10.1. The van der Waals surface area contributed by atoms with Crippen LogP contribution in [0.4, 0.5) is 0 Å². The van der Waals surface area contributed by atoms with E-state index in [9.17, 15) is 14.4 Å². The standard InChI is InChI=1S/C18H18N2O6/c1-11(18(23)24)19-16(21)14(20-17(22)15-4-3-9-26-15)10-12-5-7-13(25-2)8-6-12/h3-11H,1-2H3,(H,19,21)(H,20,22)(H,23,24)/b14-10-. The smallest absolute Gasteiger partial charge is 0.325 e. The lowest BCUT2D eigenvalue weighted by Gasteiger charge is -2.13. The fourth-order valence-electron chi connectivity index (χ4n) is 1.95. The summed E-state index contributed by atoms with van der Waals surface area (Å²) in [5.74, 6) is -1.92. The van der Waals surface area contributed by atoms with Crippen molar-refractivity contribution in [3.8, 4) is 5.75 Å². The van der Waals surface area contributed by atoms with Gasteiger partial charge in [-0.2, -0.15) is 0 Å². The summed E-state index contributed by atoms with van der Waals surface area (Å²) in [5, 5.41) is 13.7. The van der Waals surface area contributed by atoms with E-state index in [0.29, 0.717) is 11.3 Å². The number of methoxy groups -OCH3 is 1. The highest BCUT2D eigenvalue weighted by molar-refractivity contribution is 6.05. The SMILES string of the molecule is COc1ccc(/C=C(\NC(=O)c2ccco2)C(=O)NC(C)C(=O)O)cc1. The molecule has 2 amide bonds. The van der Waals surface area contributed by atoms with Gasteiger partial charge in [0.05, 0.1) is 13.4 Å². The van der Waals surface area contributed by atoms with Crippen molar-refractivity contribution in [1.29, 1.82) is 0 Å². The molecule has 136 valence electrons. The van der Waals surface area contributed by atoms with Crippen LogP contribution in [0.1, 0.15) is 23.0 Å². The van der Waals surface area contributed by atoms with Crippen molar-refractivity contribution < 1.29 is 28.6 Å². The number of nitrogens with one attached hydrogen (secondary N) is 2. The summed E-state index contributed by atoms with van der Waals surface area (Å²) in [5.41, 5.74) is 0.489. The Hall–Kier alpha value is -3.55. The summed E-state index contributed by atoms with van der Waals surface area (Å²) in [6.07, 6.45) is 2.75. The van der Waals surface area contributed by atoms with Gasteiger partial charge >= 0.3 is 5.97 Å². The summed E-state index contributed by atoms with van der Waals surface area (Å²) in [6, 6.07) is 8.61. The number of furan rings is 1. The Bertz CT molecular complexity index is 809. The summed E-state index contributed by atoms with van der Waals surface area (Å²) in [6.45, 7) is 1.32. The normalized spacial score (nSPS) is 12.2. The summed E-state index contributed by atoms with van der Waals surface area (Å²) < 4.78 is 10.1. The molecule has 26 heavy (non-hydrogen) atoms. The van der Waals surface area contributed by atoms with Crippen LogP contribution in [-0.2, 0) is 9.59 Å². The third-order valence-corrected chi connectivity index (χ3v) is 3.38. The second-order valence-electron chi connectivity index (χ2n) is 5.30. The van der Waals surface area contributed by atoms with Crippen molar-refractivity contribution in [3.05, 3.63) is 59.7 Å². The van der Waals surface area contributed by atoms with Crippen molar-refractivity contribution in [2.24, 2.45) is 0 Å².